The minimum atomic E-state index is 0.627. The van der Waals surface area contributed by atoms with Crippen LogP contribution in [-0.4, -0.2) is 0 Å². The molecule has 0 radical (unpaired) electrons. The molecule has 12 heavy (non-hydrogen) atoms. The summed E-state index contributed by atoms with van der Waals surface area (Å²) >= 11 is 0. The van der Waals surface area contributed by atoms with Crippen molar-refractivity contribution >= 4 is 0 Å². The molecule has 3 rings (SSSR count). The lowest BCUT2D eigenvalue weighted by molar-refractivity contribution is -0.141. The number of allylic oxidation sites excluding steroid dienone is 1. The summed E-state index contributed by atoms with van der Waals surface area (Å²) in [5.74, 6) is 4.18. The molecule has 0 aromatic heterocycles. The summed E-state index contributed by atoms with van der Waals surface area (Å²) in [6.07, 6.45) is 8.27. The molecule has 3 aliphatic carbocycles. The topological polar surface area (TPSA) is 0 Å². The molecule has 0 bridgehead atoms. The Kier molecular flexibility index (Phi) is 1.18. The van der Waals surface area contributed by atoms with Crippen LogP contribution in [0.1, 0.15) is 32.6 Å². The van der Waals surface area contributed by atoms with Gasteiger partial charge in [0.15, 0.2) is 0 Å². The second kappa shape index (κ2) is 1.97. The molecule has 0 saturated heterocycles. The van der Waals surface area contributed by atoms with Crippen molar-refractivity contribution in [2.75, 3.05) is 0 Å². The molecule has 3 aliphatic rings. The van der Waals surface area contributed by atoms with Gasteiger partial charge in [-0.05, 0) is 54.8 Å². The average molecular weight is 162 g/mol. The zero-order chi connectivity index (χ0) is 8.34. The molecule has 66 valence electrons. The normalized spacial score (nSPS) is 56.6. The molecule has 3 fully saturated rings. The molecule has 0 spiro atoms. The van der Waals surface area contributed by atoms with E-state index in [1.165, 1.54) is 25.7 Å². The van der Waals surface area contributed by atoms with E-state index in [0.717, 1.165) is 23.7 Å². The standard InChI is InChI=1S/C12H18/c1-3-12(10-4-5-10)7-9-6-8(2)11(9)12/h3,8-11H,1,4-7H2,2H3. The lowest BCUT2D eigenvalue weighted by Gasteiger charge is -2.65. The predicted molar refractivity (Wildman–Crippen MR) is 50.7 cm³/mol. The van der Waals surface area contributed by atoms with Gasteiger partial charge in [-0.2, -0.15) is 0 Å². The Labute approximate surface area is 75.0 Å². The van der Waals surface area contributed by atoms with Gasteiger partial charge in [0.1, 0.15) is 0 Å². The van der Waals surface area contributed by atoms with Crippen LogP contribution in [-0.2, 0) is 0 Å². The van der Waals surface area contributed by atoms with Crippen LogP contribution in [0.25, 0.3) is 0 Å². The number of hydrogen-bond acceptors (Lipinski definition) is 0. The molecule has 0 aliphatic heterocycles. The third-order valence-electron chi connectivity index (χ3n) is 4.75. The van der Waals surface area contributed by atoms with Crippen LogP contribution < -0.4 is 0 Å². The van der Waals surface area contributed by atoms with Crippen LogP contribution >= 0.6 is 0 Å². The molecule has 4 unspecified atom stereocenters. The smallest absolute Gasteiger partial charge is 0.00565 e. The van der Waals surface area contributed by atoms with Crippen molar-refractivity contribution in [3.05, 3.63) is 12.7 Å². The Morgan fingerprint density at radius 1 is 1.42 bits per heavy atom. The molecule has 0 nitrogen and oxygen atoms in total. The van der Waals surface area contributed by atoms with Gasteiger partial charge >= 0.3 is 0 Å². The van der Waals surface area contributed by atoms with E-state index in [1.807, 2.05) is 0 Å². The monoisotopic (exact) mass is 162 g/mol. The van der Waals surface area contributed by atoms with E-state index >= 15 is 0 Å². The van der Waals surface area contributed by atoms with E-state index in [0.29, 0.717) is 5.41 Å². The molecule has 0 heteroatoms. The van der Waals surface area contributed by atoms with Crippen molar-refractivity contribution in [3.63, 3.8) is 0 Å². The molecule has 0 heterocycles. The first kappa shape index (κ1) is 7.17. The van der Waals surface area contributed by atoms with Gasteiger partial charge in [-0.1, -0.05) is 13.0 Å². The zero-order valence-corrected chi connectivity index (χ0v) is 7.92. The number of hydrogen-bond donors (Lipinski definition) is 0. The van der Waals surface area contributed by atoms with Gasteiger partial charge < -0.3 is 0 Å². The van der Waals surface area contributed by atoms with Gasteiger partial charge in [-0.15, -0.1) is 6.58 Å². The van der Waals surface area contributed by atoms with E-state index < -0.39 is 0 Å². The Bertz CT molecular complexity index is 222. The maximum Gasteiger partial charge on any atom is -0.00565 e. The van der Waals surface area contributed by atoms with E-state index in [1.54, 1.807) is 0 Å². The Hall–Kier alpha value is -0.260. The molecule has 4 atom stereocenters. The molecule has 0 amide bonds. The highest BCUT2D eigenvalue weighted by Gasteiger charge is 2.64. The molecular weight excluding hydrogens is 144 g/mol. The van der Waals surface area contributed by atoms with Gasteiger partial charge in [0, 0.05) is 0 Å². The first-order valence-electron chi connectivity index (χ1n) is 5.41. The van der Waals surface area contributed by atoms with Crippen molar-refractivity contribution in [3.8, 4) is 0 Å². The Morgan fingerprint density at radius 2 is 2.17 bits per heavy atom. The second-order valence-electron chi connectivity index (χ2n) is 5.29. The zero-order valence-electron chi connectivity index (χ0n) is 7.92. The molecule has 3 saturated carbocycles. The summed E-state index contributed by atoms with van der Waals surface area (Å²) in [6, 6.07) is 0. The van der Waals surface area contributed by atoms with Crippen LogP contribution in [0.15, 0.2) is 12.7 Å². The lowest BCUT2D eigenvalue weighted by atomic mass is 9.39. The van der Waals surface area contributed by atoms with Gasteiger partial charge in [0.05, 0.1) is 0 Å². The van der Waals surface area contributed by atoms with E-state index in [4.69, 9.17) is 0 Å². The predicted octanol–water partition coefficient (Wildman–Crippen LogP) is 3.24. The number of rotatable bonds is 2. The summed E-state index contributed by atoms with van der Waals surface area (Å²) < 4.78 is 0. The van der Waals surface area contributed by atoms with Gasteiger partial charge in [0.25, 0.3) is 0 Å². The van der Waals surface area contributed by atoms with Crippen molar-refractivity contribution in [2.24, 2.45) is 29.1 Å². The molecule has 0 N–H and O–H groups in total. The molecular formula is C12H18. The van der Waals surface area contributed by atoms with Crippen LogP contribution in [0.4, 0.5) is 0 Å². The highest BCUT2D eigenvalue weighted by Crippen LogP contribution is 2.72. The fourth-order valence-corrected chi connectivity index (χ4v) is 4.09. The van der Waals surface area contributed by atoms with Crippen LogP contribution in [0.5, 0.6) is 0 Å². The van der Waals surface area contributed by atoms with Crippen LogP contribution in [0, 0.1) is 29.1 Å². The van der Waals surface area contributed by atoms with Crippen molar-refractivity contribution in [1.82, 2.24) is 0 Å². The van der Waals surface area contributed by atoms with Crippen molar-refractivity contribution in [1.29, 1.82) is 0 Å². The maximum absolute atomic E-state index is 4.07. The summed E-state index contributed by atoms with van der Waals surface area (Å²) in [6.45, 7) is 6.50. The number of fused-ring (bicyclic) bond motifs is 1. The average Bonchev–Trinajstić information content (AvgIpc) is 2.80. The van der Waals surface area contributed by atoms with Gasteiger partial charge in [-0.3, -0.25) is 0 Å². The highest BCUT2D eigenvalue weighted by molar-refractivity contribution is 5.20. The minimum absolute atomic E-state index is 0.627. The van der Waals surface area contributed by atoms with Crippen LogP contribution in [0.2, 0.25) is 0 Å². The van der Waals surface area contributed by atoms with Crippen molar-refractivity contribution < 1.29 is 0 Å². The highest BCUT2D eigenvalue weighted by atomic mass is 14.7. The quantitative estimate of drug-likeness (QED) is 0.547. The van der Waals surface area contributed by atoms with E-state index in [-0.39, 0.29) is 0 Å². The summed E-state index contributed by atoms with van der Waals surface area (Å²) in [7, 11) is 0. The fourth-order valence-electron chi connectivity index (χ4n) is 4.09. The fraction of sp³-hybridized carbons (Fsp3) is 0.833. The summed E-state index contributed by atoms with van der Waals surface area (Å²) in [4.78, 5) is 0. The Balaban J connectivity index is 1.85. The summed E-state index contributed by atoms with van der Waals surface area (Å²) in [5, 5.41) is 0. The molecule has 0 aromatic carbocycles. The second-order valence-corrected chi connectivity index (χ2v) is 5.29. The van der Waals surface area contributed by atoms with Gasteiger partial charge in [-0.25, -0.2) is 0 Å². The van der Waals surface area contributed by atoms with E-state index in [2.05, 4.69) is 19.6 Å². The third kappa shape index (κ3) is 0.616. The van der Waals surface area contributed by atoms with E-state index in [9.17, 15) is 0 Å². The minimum Gasteiger partial charge on any atom is -0.103 e. The summed E-state index contributed by atoms with van der Waals surface area (Å²) in [5.41, 5.74) is 0.627. The van der Waals surface area contributed by atoms with Gasteiger partial charge in [0.2, 0.25) is 0 Å². The Morgan fingerprint density at radius 3 is 2.58 bits per heavy atom. The van der Waals surface area contributed by atoms with Crippen molar-refractivity contribution in [2.45, 2.75) is 32.6 Å². The molecule has 0 aromatic rings. The largest absolute Gasteiger partial charge is 0.103 e. The van der Waals surface area contributed by atoms with Crippen LogP contribution in [0.3, 0.4) is 0 Å². The first-order chi connectivity index (χ1) is 5.78. The maximum atomic E-state index is 4.07. The third-order valence-corrected chi connectivity index (χ3v) is 4.75. The lowest BCUT2D eigenvalue weighted by Crippen LogP contribution is -2.58. The SMILES string of the molecule is C=CC1(C2CC2)CC2CC(C)C21. The first-order valence-corrected chi connectivity index (χ1v) is 5.41.